The van der Waals surface area contributed by atoms with Crippen LogP contribution in [-0.2, 0) is 32.0 Å². The van der Waals surface area contributed by atoms with Gasteiger partial charge in [0.25, 0.3) is 0 Å². The second-order valence-corrected chi connectivity index (χ2v) is 9.65. The predicted molar refractivity (Wildman–Crippen MR) is 136 cm³/mol. The summed E-state index contributed by atoms with van der Waals surface area (Å²) in [6, 6.07) is 6.36. The third-order valence-corrected chi connectivity index (χ3v) is 6.57. The standard InChI is InChI=1S/C27H36N4O6/c1-17-12-23(37-31-17)15-25(33)28-18(2)26(34)30-24(14-20-8-10-22(36-3)11-9-20)27(35)29-21(16-32)13-19-6-4-5-7-19/h8-12,16,18-19,21,24H,4-7,13-15H2,1-3H3,(H,28,33)(H,29,35)(H,30,34). The molecule has 1 heterocycles. The molecule has 0 bridgehead atoms. The summed E-state index contributed by atoms with van der Waals surface area (Å²) in [7, 11) is 1.56. The van der Waals surface area contributed by atoms with Crippen molar-refractivity contribution in [3.8, 4) is 5.75 Å². The Morgan fingerprint density at radius 3 is 2.41 bits per heavy atom. The number of nitrogens with zero attached hydrogens (tertiary/aromatic N) is 1. The fourth-order valence-corrected chi connectivity index (χ4v) is 4.56. The van der Waals surface area contributed by atoms with E-state index in [1.807, 2.05) is 12.1 Å². The Morgan fingerprint density at radius 2 is 1.81 bits per heavy atom. The largest absolute Gasteiger partial charge is 0.497 e. The van der Waals surface area contributed by atoms with E-state index in [1.165, 1.54) is 6.92 Å². The number of ether oxygens (including phenoxy) is 1. The Kier molecular flexibility index (Phi) is 10.2. The molecule has 1 saturated carbocycles. The van der Waals surface area contributed by atoms with Crippen molar-refractivity contribution in [2.45, 2.75) is 76.9 Å². The van der Waals surface area contributed by atoms with Gasteiger partial charge in [-0.1, -0.05) is 43.0 Å². The molecule has 10 heteroatoms. The summed E-state index contributed by atoms with van der Waals surface area (Å²) in [4.78, 5) is 50.2. The molecule has 1 aromatic carbocycles. The SMILES string of the molecule is COc1ccc(CC(NC(=O)C(C)NC(=O)Cc2cc(C)no2)C(=O)NC(C=O)CC2CCCC2)cc1. The van der Waals surface area contributed by atoms with Gasteiger partial charge in [0.15, 0.2) is 0 Å². The maximum atomic E-state index is 13.2. The molecule has 3 amide bonds. The molecule has 3 rings (SSSR count). The quantitative estimate of drug-likeness (QED) is 0.349. The van der Waals surface area contributed by atoms with Gasteiger partial charge in [-0.25, -0.2) is 0 Å². The van der Waals surface area contributed by atoms with Gasteiger partial charge in [-0.05, 0) is 43.9 Å². The first-order chi connectivity index (χ1) is 17.8. The number of carbonyl (C=O) groups excluding carboxylic acids is 4. The number of aromatic nitrogens is 1. The summed E-state index contributed by atoms with van der Waals surface area (Å²) in [5.74, 6) is 0.0939. The number of hydrogen-bond donors (Lipinski definition) is 3. The monoisotopic (exact) mass is 512 g/mol. The molecule has 0 aliphatic heterocycles. The Bertz CT molecular complexity index is 1060. The maximum absolute atomic E-state index is 13.2. The lowest BCUT2D eigenvalue weighted by atomic mass is 9.98. The van der Waals surface area contributed by atoms with Gasteiger partial charge in [0.05, 0.1) is 25.3 Å². The minimum Gasteiger partial charge on any atom is -0.497 e. The minimum absolute atomic E-state index is 0.0591. The van der Waals surface area contributed by atoms with Crippen molar-refractivity contribution in [1.82, 2.24) is 21.1 Å². The molecule has 3 N–H and O–H groups in total. The van der Waals surface area contributed by atoms with Gasteiger partial charge >= 0.3 is 0 Å². The second-order valence-electron chi connectivity index (χ2n) is 9.65. The van der Waals surface area contributed by atoms with Crippen LogP contribution in [0.1, 0.15) is 56.0 Å². The number of methoxy groups -OCH3 is 1. The molecule has 200 valence electrons. The molecule has 3 unspecified atom stereocenters. The van der Waals surface area contributed by atoms with Crippen molar-refractivity contribution in [1.29, 1.82) is 0 Å². The molecule has 0 spiro atoms. The van der Waals surface area contributed by atoms with Crippen molar-refractivity contribution in [2.75, 3.05) is 7.11 Å². The predicted octanol–water partition coefficient (Wildman–Crippen LogP) is 2.03. The van der Waals surface area contributed by atoms with E-state index in [4.69, 9.17) is 9.26 Å². The molecule has 0 radical (unpaired) electrons. The number of aryl methyl sites for hydroxylation is 1. The number of rotatable bonds is 13. The molecule has 1 aliphatic rings. The topological polar surface area (TPSA) is 140 Å². The number of amides is 3. The van der Waals surface area contributed by atoms with Crippen LogP contribution in [0.2, 0.25) is 0 Å². The van der Waals surface area contributed by atoms with Gasteiger partial charge in [-0.2, -0.15) is 0 Å². The van der Waals surface area contributed by atoms with Crippen LogP contribution in [0.4, 0.5) is 0 Å². The summed E-state index contributed by atoms with van der Waals surface area (Å²) in [6.45, 7) is 3.29. The van der Waals surface area contributed by atoms with Crippen molar-refractivity contribution < 1.29 is 28.4 Å². The summed E-state index contributed by atoms with van der Waals surface area (Å²) in [6.07, 6.45) is 5.88. The molecule has 3 atom stereocenters. The molecule has 0 saturated heterocycles. The normalized spacial score (nSPS) is 15.9. The molecule has 37 heavy (non-hydrogen) atoms. The zero-order chi connectivity index (χ0) is 26.8. The highest BCUT2D eigenvalue weighted by Crippen LogP contribution is 2.28. The van der Waals surface area contributed by atoms with Gasteiger partial charge < -0.3 is 30.0 Å². The number of carbonyl (C=O) groups is 4. The highest BCUT2D eigenvalue weighted by Gasteiger charge is 2.28. The van der Waals surface area contributed by atoms with Gasteiger partial charge in [-0.15, -0.1) is 0 Å². The average Bonchev–Trinajstić information content (AvgIpc) is 3.54. The lowest BCUT2D eigenvalue weighted by Gasteiger charge is -2.24. The molecule has 1 aliphatic carbocycles. The minimum atomic E-state index is -0.941. The first-order valence-electron chi connectivity index (χ1n) is 12.7. The first-order valence-corrected chi connectivity index (χ1v) is 12.7. The van der Waals surface area contributed by atoms with E-state index < -0.39 is 35.8 Å². The van der Waals surface area contributed by atoms with Gasteiger partial charge in [0.1, 0.15) is 29.9 Å². The maximum Gasteiger partial charge on any atom is 0.243 e. The third kappa shape index (κ3) is 8.73. The van der Waals surface area contributed by atoms with Gasteiger partial charge in [-0.3, -0.25) is 14.4 Å². The van der Waals surface area contributed by atoms with E-state index in [0.717, 1.165) is 37.5 Å². The lowest BCUT2D eigenvalue weighted by molar-refractivity contribution is -0.132. The fourth-order valence-electron chi connectivity index (χ4n) is 4.56. The average molecular weight is 513 g/mol. The van der Waals surface area contributed by atoms with Crippen LogP contribution in [0.5, 0.6) is 5.75 Å². The van der Waals surface area contributed by atoms with Crippen LogP contribution in [0.25, 0.3) is 0 Å². The smallest absolute Gasteiger partial charge is 0.243 e. The molecule has 1 fully saturated rings. The van der Waals surface area contributed by atoms with E-state index >= 15 is 0 Å². The zero-order valence-electron chi connectivity index (χ0n) is 21.6. The summed E-state index contributed by atoms with van der Waals surface area (Å²) in [5, 5.41) is 11.9. The Labute approximate surface area is 216 Å². The third-order valence-electron chi connectivity index (χ3n) is 6.57. The van der Waals surface area contributed by atoms with E-state index in [1.54, 1.807) is 32.2 Å². The van der Waals surface area contributed by atoms with Crippen molar-refractivity contribution in [3.63, 3.8) is 0 Å². The van der Waals surface area contributed by atoms with Crippen LogP contribution < -0.4 is 20.7 Å². The summed E-state index contributed by atoms with van der Waals surface area (Å²) < 4.78 is 10.2. The van der Waals surface area contributed by atoms with Crippen LogP contribution in [0.3, 0.4) is 0 Å². The van der Waals surface area contributed by atoms with Gasteiger partial charge in [0, 0.05) is 12.5 Å². The van der Waals surface area contributed by atoms with Crippen LogP contribution >= 0.6 is 0 Å². The fraction of sp³-hybridized carbons (Fsp3) is 0.519. The number of benzene rings is 1. The highest BCUT2D eigenvalue weighted by molar-refractivity contribution is 5.93. The molecule has 10 nitrogen and oxygen atoms in total. The highest BCUT2D eigenvalue weighted by atomic mass is 16.5. The molecular formula is C27H36N4O6. The van der Waals surface area contributed by atoms with Crippen molar-refractivity contribution in [3.05, 3.63) is 47.3 Å². The van der Waals surface area contributed by atoms with Crippen molar-refractivity contribution >= 4 is 24.0 Å². The summed E-state index contributed by atoms with van der Waals surface area (Å²) >= 11 is 0. The summed E-state index contributed by atoms with van der Waals surface area (Å²) in [5.41, 5.74) is 1.46. The zero-order valence-corrected chi connectivity index (χ0v) is 21.6. The van der Waals surface area contributed by atoms with E-state index in [9.17, 15) is 19.2 Å². The van der Waals surface area contributed by atoms with Crippen LogP contribution in [-0.4, -0.2) is 54.4 Å². The number of aldehydes is 1. The van der Waals surface area contributed by atoms with E-state index in [-0.39, 0.29) is 12.8 Å². The van der Waals surface area contributed by atoms with Crippen LogP contribution in [0.15, 0.2) is 34.9 Å². The Hall–Kier alpha value is -3.69. The Morgan fingerprint density at radius 1 is 1.11 bits per heavy atom. The van der Waals surface area contributed by atoms with E-state index in [0.29, 0.717) is 29.5 Å². The molecule has 2 aromatic rings. The number of hydrogen-bond acceptors (Lipinski definition) is 7. The van der Waals surface area contributed by atoms with Gasteiger partial charge in [0.2, 0.25) is 17.7 Å². The lowest BCUT2D eigenvalue weighted by Crippen LogP contribution is -2.55. The molecular weight excluding hydrogens is 476 g/mol. The van der Waals surface area contributed by atoms with Crippen molar-refractivity contribution in [2.24, 2.45) is 5.92 Å². The van der Waals surface area contributed by atoms with Crippen LogP contribution in [0, 0.1) is 12.8 Å². The Balaban J connectivity index is 1.64. The molecule has 1 aromatic heterocycles. The second kappa shape index (κ2) is 13.6. The number of nitrogens with one attached hydrogen (secondary N) is 3. The first kappa shape index (κ1) is 27.9. The van der Waals surface area contributed by atoms with E-state index in [2.05, 4.69) is 21.1 Å².